The van der Waals surface area contributed by atoms with E-state index < -0.39 is 12.6 Å². The molecule has 2 atom stereocenters. The van der Waals surface area contributed by atoms with Crippen LogP contribution in [-0.2, 0) is 22.5 Å². The normalized spacial score (nSPS) is 25.8. The van der Waals surface area contributed by atoms with Gasteiger partial charge in [0, 0.05) is 38.9 Å². The van der Waals surface area contributed by atoms with Gasteiger partial charge in [0.1, 0.15) is 6.61 Å². The van der Waals surface area contributed by atoms with Crippen molar-refractivity contribution < 1.29 is 27.5 Å². The quantitative estimate of drug-likeness (QED) is 0.788. The average molecular weight is 429 g/mol. The largest absolute Gasteiger partial charge is 0.393 e. The van der Waals surface area contributed by atoms with Gasteiger partial charge in [-0.15, -0.1) is 0 Å². The lowest BCUT2D eigenvalue weighted by Crippen LogP contribution is -2.62. The Morgan fingerprint density at radius 3 is 2.67 bits per heavy atom. The van der Waals surface area contributed by atoms with Crippen molar-refractivity contribution in [3.05, 3.63) is 18.0 Å². The number of nitrogens with one attached hydrogen (secondary N) is 1. The molecule has 30 heavy (non-hydrogen) atoms. The molecule has 3 amide bonds. The van der Waals surface area contributed by atoms with Crippen molar-refractivity contribution in [3.8, 4) is 0 Å². The van der Waals surface area contributed by atoms with Crippen molar-refractivity contribution in [1.29, 1.82) is 0 Å². The van der Waals surface area contributed by atoms with Crippen LogP contribution < -0.4 is 5.32 Å². The van der Waals surface area contributed by atoms with E-state index in [9.17, 15) is 22.8 Å². The molecule has 3 saturated heterocycles. The van der Waals surface area contributed by atoms with E-state index in [0.29, 0.717) is 39.1 Å². The van der Waals surface area contributed by atoms with Crippen LogP contribution in [0.4, 0.5) is 18.0 Å². The molecule has 0 unspecified atom stereocenters. The topological polar surface area (TPSA) is 79.7 Å². The number of piperidine rings is 2. The minimum atomic E-state index is -4.24. The Labute approximate surface area is 172 Å². The van der Waals surface area contributed by atoms with Crippen molar-refractivity contribution in [2.45, 2.75) is 50.6 Å². The highest BCUT2D eigenvalue weighted by Gasteiger charge is 2.38. The number of halogens is 3. The highest BCUT2D eigenvalue weighted by Crippen LogP contribution is 2.24. The Hall–Kier alpha value is -2.30. The van der Waals surface area contributed by atoms with Gasteiger partial charge in [-0.2, -0.15) is 18.3 Å². The molecule has 3 fully saturated rings. The molecular weight excluding hydrogens is 403 g/mol. The van der Waals surface area contributed by atoms with Gasteiger partial charge in [-0.25, -0.2) is 4.79 Å². The fraction of sp³-hybridized carbons (Fsp3) is 0.737. The lowest BCUT2D eigenvalue weighted by molar-refractivity contribution is -0.139. The van der Waals surface area contributed by atoms with Crippen LogP contribution >= 0.6 is 0 Å². The third-order valence-electron chi connectivity index (χ3n) is 6.02. The summed E-state index contributed by atoms with van der Waals surface area (Å²) in [4.78, 5) is 28.0. The Morgan fingerprint density at radius 1 is 1.20 bits per heavy atom. The van der Waals surface area contributed by atoms with Gasteiger partial charge in [-0.1, -0.05) is 0 Å². The second-order valence-corrected chi connectivity index (χ2v) is 8.33. The van der Waals surface area contributed by atoms with Gasteiger partial charge in [0.2, 0.25) is 5.91 Å². The molecule has 4 heterocycles. The molecule has 166 valence electrons. The van der Waals surface area contributed by atoms with Crippen molar-refractivity contribution >= 4 is 11.9 Å². The summed E-state index contributed by atoms with van der Waals surface area (Å²) in [6.45, 7) is 2.89. The summed E-state index contributed by atoms with van der Waals surface area (Å²) in [6.07, 6.45) is -0.260. The van der Waals surface area contributed by atoms with Crippen LogP contribution in [0.2, 0.25) is 0 Å². The van der Waals surface area contributed by atoms with Crippen LogP contribution in [0.3, 0.4) is 0 Å². The van der Waals surface area contributed by atoms with Crippen molar-refractivity contribution in [1.82, 2.24) is 24.9 Å². The summed E-state index contributed by atoms with van der Waals surface area (Å²) in [7, 11) is 0. The number of hydrogen-bond donors (Lipinski definition) is 1. The predicted octanol–water partition coefficient (Wildman–Crippen LogP) is 1.41. The summed E-state index contributed by atoms with van der Waals surface area (Å²) in [5, 5.41) is 6.95. The molecular formula is C19H26F3N5O3. The fourth-order valence-corrected chi connectivity index (χ4v) is 4.47. The maximum absolute atomic E-state index is 12.9. The number of amides is 3. The molecule has 0 saturated carbocycles. The van der Waals surface area contributed by atoms with Gasteiger partial charge in [0.15, 0.2) is 0 Å². The van der Waals surface area contributed by atoms with E-state index in [2.05, 4.69) is 10.4 Å². The zero-order chi connectivity index (χ0) is 21.3. The predicted molar refractivity (Wildman–Crippen MR) is 99.5 cm³/mol. The SMILES string of the molecule is O=C1CO[C@H]2CCN(C(=O)N3CCC(Cn4cc(CC(F)(F)F)cn4)CC3)C[C@H]2N1. The van der Waals surface area contributed by atoms with Crippen LogP contribution in [0.5, 0.6) is 0 Å². The van der Waals surface area contributed by atoms with E-state index in [1.807, 2.05) is 4.90 Å². The van der Waals surface area contributed by atoms with Crippen molar-refractivity contribution in [2.24, 2.45) is 5.92 Å². The molecule has 3 aliphatic rings. The van der Waals surface area contributed by atoms with Gasteiger partial charge in [-0.3, -0.25) is 9.48 Å². The van der Waals surface area contributed by atoms with Gasteiger partial charge in [0.25, 0.3) is 0 Å². The van der Waals surface area contributed by atoms with Gasteiger partial charge in [0.05, 0.1) is 24.8 Å². The number of hydrogen-bond acceptors (Lipinski definition) is 4. The summed E-state index contributed by atoms with van der Waals surface area (Å²) in [6, 6.07) is -0.189. The third kappa shape index (κ3) is 5.05. The highest BCUT2D eigenvalue weighted by molar-refractivity contribution is 5.79. The van der Waals surface area contributed by atoms with E-state index in [1.165, 1.54) is 12.4 Å². The smallest absolute Gasteiger partial charge is 0.366 e. The van der Waals surface area contributed by atoms with E-state index in [4.69, 9.17) is 4.74 Å². The van der Waals surface area contributed by atoms with Gasteiger partial charge >= 0.3 is 12.2 Å². The average Bonchev–Trinajstić information content (AvgIpc) is 3.12. The summed E-state index contributed by atoms with van der Waals surface area (Å²) in [5.41, 5.74) is 0.164. The number of morpholine rings is 1. The van der Waals surface area contributed by atoms with Gasteiger partial charge < -0.3 is 19.9 Å². The van der Waals surface area contributed by atoms with Crippen LogP contribution in [0.25, 0.3) is 0 Å². The molecule has 0 aliphatic carbocycles. The molecule has 0 aromatic carbocycles. The molecule has 11 heteroatoms. The Bertz CT molecular complexity index is 776. The van der Waals surface area contributed by atoms with Gasteiger partial charge in [-0.05, 0) is 30.7 Å². The number of likely N-dealkylation sites (tertiary alicyclic amines) is 2. The molecule has 1 aromatic heterocycles. The number of nitrogens with zero attached hydrogens (tertiary/aromatic N) is 4. The second-order valence-electron chi connectivity index (χ2n) is 8.33. The molecule has 0 bridgehead atoms. The first-order valence-electron chi connectivity index (χ1n) is 10.3. The van der Waals surface area contributed by atoms with Crippen molar-refractivity contribution in [2.75, 3.05) is 32.8 Å². The van der Waals surface area contributed by atoms with E-state index in [0.717, 1.165) is 12.8 Å². The maximum Gasteiger partial charge on any atom is 0.393 e. The number of aromatic nitrogens is 2. The number of rotatable bonds is 3. The minimum absolute atomic E-state index is 0.0294. The molecule has 1 N–H and O–H groups in total. The van der Waals surface area contributed by atoms with E-state index >= 15 is 0 Å². The fourth-order valence-electron chi connectivity index (χ4n) is 4.47. The standard InChI is InChI=1S/C19H26F3N5O3/c20-19(21,22)7-14-8-23-27(10-14)9-13-1-4-25(5-2-13)18(29)26-6-3-16-15(11-26)24-17(28)12-30-16/h8,10,13,15-16H,1-7,9,11-12H2,(H,24,28)/t15-,16+/m1/s1. The molecule has 8 nitrogen and oxygen atoms in total. The minimum Gasteiger partial charge on any atom is -0.366 e. The summed E-state index contributed by atoms with van der Waals surface area (Å²) >= 11 is 0. The maximum atomic E-state index is 12.9. The monoisotopic (exact) mass is 429 g/mol. The van der Waals surface area contributed by atoms with E-state index in [-0.39, 0.29) is 42.2 Å². The zero-order valence-electron chi connectivity index (χ0n) is 16.6. The summed E-state index contributed by atoms with van der Waals surface area (Å²) < 4.78 is 44.6. The number of ether oxygens (including phenoxy) is 1. The molecule has 4 rings (SSSR count). The first kappa shape index (κ1) is 21.0. The molecule has 3 aliphatic heterocycles. The lowest BCUT2D eigenvalue weighted by atomic mass is 9.96. The van der Waals surface area contributed by atoms with Crippen LogP contribution in [0.15, 0.2) is 12.4 Å². The molecule has 0 radical (unpaired) electrons. The van der Waals surface area contributed by atoms with Crippen LogP contribution in [0, 0.1) is 5.92 Å². The highest BCUT2D eigenvalue weighted by atomic mass is 19.4. The number of carbonyl (C=O) groups is 2. The first-order chi connectivity index (χ1) is 14.3. The van der Waals surface area contributed by atoms with Crippen molar-refractivity contribution in [3.63, 3.8) is 0 Å². The summed E-state index contributed by atoms with van der Waals surface area (Å²) in [5.74, 6) is 0.118. The number of urea groups is 1. The number of carbonyl (C=O) groups excluding carboxylic acids is 2. The Kier molecular flexibility index (Phi) is 5.90. The zero-order valence-corrected chi connectivity index (χ0v) is 16.6. The van der Waals surface area contributed by atoms with Crippen LogP contribution in [0.1, 0.15) is 24.8 Å². The Morgan fingerprint density at radius 2 is 1.93 bits per heavy atom. The van der Waals surface area contributed by atoms with Crippen LogP contribution in [-0.4, -0.2) is 82.6 Å². The first-order valence-corrected chi connectivity index (χ1v) is 10.3. The Balaban J connectivity index is 1.24. The lowest BCUT2D eigenvalue weighted by Gasteiger charge is -2.43. The second kappa shape index (κ2) is 8.44. The van der Waals surface area contributed by atoms with E-state index in [1.54, 1.807) is 9.58 Å². The molecule has 0 spiro atoms. The number of fused-ring (bicyclic) bond motifs is 1. The molecule has 1 aromatic rings. The number of alkyl halides is 3. The third-order valence-corrected chi connectivity index (χ3v) is 6.02.